The van der Waals surface area contributed by atoms with E-state index in [0.717, 1.165) is 48.5 Å². The Hall–Kier alpha value is -1.31. The van der Waals surface area contributed by atoms with Crippen molar-refractivity contribution in [1.29, 1.82) is 0 Å². The molecule has 2 rings (SSSR count). The van der Waals surface area contributed by atoms with Crippen LogP contribution in [0.5, 0.6) is 0 Å². The molecule has 0 radical (unpaired) electrons. The number of rotatable bonds is 7. The predicted octanol–water partition coefficient (Wildman–Crippen LogP) is 2.26. The third-order valence-corrected chi connectivity index (χ3v) is 6.20. The van der Waals surface area contributed by atoms with Crippen LogP contribution >= 0.6 is 11.6 Å². The number of carbonyl (C=O) groups excluding carboxylic acids is 1. The minimum Gasteiger partial charge on any atom is -0.355 e. The van der Waals surface area contributed by atoms with Gasteiger partial charge in [0.1, 0.15) is 6.54 Å². The molecule has 0 aromatic heterocycles. The van der Waals surface area contributed by atoms with Crippen LogP contribution < -0.4 is 9.62 Å². The Morgan fingerprint density at radius 1 is 1.35 bits per heavy atom. The highest BCUT2D eigenvalue weighted by Crippen LogP contribution is 2.26. The van der Waals surface area contributed by atoms with Crippen molar-refractivity contribution in [2.45, 2.75) is 26.2 Å². The minimum atomic E-state index is -3.60. The first kappa shape index (κ1) is 21.0. The van der Waals surface area contributed by atoms with Crippen LogP contribution in [0.1, 0.15) is 24.8 Å². The fourth-order valence-corrected chi connectivity index (χ4v) is 4.26. The average molecular weight is 402 g/mol. The second kappa shape index (κ2) is 9.06. The molecule has 8 heteroatoms. The number of hydrogen-bond donors (Lipinski definition) is 1. The molecule has 1 heterocycles. The van der Waals surface area contributed by atoms with Crippen LogP contribution in [0.15, 0.2) is 18.2 Å². The Balaban J connectivity index is 1.94. The van der Waals surface area contributed by atoms with E-state index in [4.69, 9.17) is 11.6 Å². The second-order valence-electron chi connectivity index (χ2n) is 7.09. The number of benzene rings is 1. The van der Waals surface area contributed by atoms with Crippen molar-refractivity contribution in [3.8, 4) is 0 Å². The van der Waals surface area contributed by atoms with E-state index in [0.29, 0.717) is 23.2 Å². The topological polar surface area (TPSA) is 69.7 Å². The highest BCUT2D eigenvalue weighted by Gasteiger charge is 2.23. The summed E-state index contributed by atoms with van der Waals surface area (Å²) in [5, 5.41) is 3.29. The molecule has 1 amide bonds. The number of hydrogen-bond acceptors (Lipinski definition) is 4. The number of likely N-dealkylation sites (tertiary alicyclic amines) is 1. The Morgan fingerprint density at radius 2 is 2.00 bits per heavy atom. The quantitative estimate of drug-likeness (QED) is 0.760. The lowest BCUT2D eigenvalue weighted by atomic mass is 9.94. The predicted molar refractivity (Wildman–Crippen MR) is 106 cm³/mol. The number of nitrogens with zero attached hydrogens (tertiary/aromatic N) is 2. The van der Waals surface area contributed by atoms with E-state index < -0.39 is 10.0 Å². The van der Waals surface area contributed by atoms with Crippen molar-refractivity contribution in [3.05, 3.63) is 28.8 Å². The zero-order valence-corrected chi connectivity index (χ0v) is 17.2. The SMILES string of the molecule is Cc1ccc(Cl)cc1N(CC(=O)NCCC1CCN(C)CC1)S(C)(=O)=O. The molecule has 1 aromatic rings. The van der Waals surface area contributed by atoms with E-state index in [1.165, 1.54) is 0 Å². The molecule has 6 nitrogen and oxygen atoms in total. The molecule has 0 saturated carbocycles. The van der Waals surface area contributed by atoms with Gasteiger partial charge in [-0.05, 0) is 69.9 Å². The van der Waals surface area contributed by atoms with E-state index in [1.54, 1.807) is 25.1 Å². The van der Waals surface area contributed by atoms with Gasteiger partial charge < -0.3 is 10.2 Å². The Bertz CT molecular complexity index is 731. The zero-order chi connectivity index (χ0) is 19.3. The number of nitrogens with one attached hydrogen (secondary N) is 1. The number of aryl methyl sites for hydroxylation is 1. The van der Waals surface area contributed by atoms with Crippen LogP contribution in [0, 0.1) is 12.8 Å². The molecule has 1 N–H and O–H groups in total. The van der Waals surface area contributed by atoms with E-state index >= 15 is 0 Å². The van der Waals surface area contributed by atoms with Gasteiger partial charge in [0.2, 0.25) is 15.9 Å². The molecule has 0 spiro atoms. The molecule has 0 bridgehead atoms. The maximum Gasteiger partial charge on any atom is 0.240 e. The highest BCUT2D eigenvalue weighted by atomic mass is 35.5. The molecule has 1 fully saturated rings. The normalized spacial score (nSPS) is 16.5. The number of halogens is 1. The molecular weight excluding hydrogens is 374 g/mol. The molecule has 1 aliphatic heterocycles. The van der Waals surface area contributed by atoms with Gasteiger partial charge in [-0.2, -0.15) is 0 Å². The van der Waals surface area contributed by atoms with Gasteiger partial charge in [0.05, 0.1) is 11.9 Å². The zero-order valence-electron chi connectivity index (χ0n) is 15.7. The molecular formula is C18H28ClN3O3S. The van der Waals surface area contributed by atoms with Crippen LogP contribution in [-0.4, -0.2) is 58.7 Å². The first-order chi connectivity index (χ1) is 12.2. The Labute approximate surface area is 161 Å². The number of amides is 1. The van der Waals surface area contributed by atoms with E-state index in [1.807, 2.05) is 0 Å². The molecule has 1 aliphatic rings. The fourth-order valence-electron chi connectivity index (χ4n) is 3.19. The lowest BCUT2D eigenvalue weighted by Gasteiger charge is -2.29. The first-order valence-corrected chi connectivity index (χ1v) is 11.1. The molecule has 0 unspecified atom stereocenters. The first-order valence-electron chi connectivity index (χ1n) is 8.86. The van der Waals surface area contributed by atoms with E-state index in [2.05, 4.69) is 17.3 Å². The number of piperidine rings is 1. The summed E-state index contributed by atoms with van der Waals surface area (Å²) in [6, 6.07) is 5.01. The lowest BCUT2D eigenvalue weighted by molar-refractivity contribution is -0.119. The number of carbonyl (C=O) groups is 1. The summed E-state index contributed by atoms with van der Waals surface area (Å²) in [6.07, 6.45) is 4.31. The summed E-state index contributed by atoms with van der Waals surface area (Å²) >= 11 is 6.00. The van der Waals surface area contributed by atoms with Gasteiger partial charge in [-0.3, -0.25) is 9.10 Å². The van der Waals surface area contributed by atoms with Gasteiger partial charge in [0.15, 0.2) is 0 Å². The molecule has 1 aromatic carbocycles. The maximum absolute atomic E-state index is 12.3. The summed E-state index contributed by atoms with van der Waals surface area (Å²) in [4.78, 5) is 14.6. The maximum atomic E-state index is 12.3. The number of sulfonamides is 1. The van der Waals surface area contributed by atoms with Crippen LogP contribution in [0.25, 0.3) is 0 Å². The smallest absolute Gasteiger partial charge is 0.240 e. The summed E-state index contributed by atoms with van der Waals surface area (Å²) in [5.41, 5.74) is 1.18. The lowest BCUT2D eigenvalue weighted by Crippen LogP contribution is -2.41. The second-order valence-corrected chi connectivity index (χ2v) is 9.43. The van der Waals surface area contributed by atoms with Crippen molar-refractivity contribution < 1.29 is 13.2 Å². The summed E-state index contributed by atoms with van der Waals surface area (Å²) < 4.78 is 25.5. The number of anilines is 1. The third-order valence-electron chi connectivity index (χ3n) is 4.84. The largest absolute Gasteiger partial charge is 0.355 e. The minimum absolute atomic E-state index is 0.243. The molecule has 0 aliphatic carbocycles. The summed E-state index contributed by atoms with van der Waals surface area (Å²) in [6.45, 7) is 4.30. The molecule has 0 atom stereocenters. The standard InChI is InChI=1S/C18H28ClN3O3S/c1-14-4-5-16(19)12-17(14)22(26(3,24)25)13-18(23)20-9-6-15-7-10-21(2)11-8-15/h4-5,12,15H,6-11,13H2,1-3H3,(H,20,23). The van der Waals surface area contributed by atoms with Crippen molar-refractivity contribution in [2.24, 2.45) is 5.92 Å². The van der Waals surface area contributed by atoms with Crippen LogP contribution in [-0.2, 0) is 14.8 Å². The van der Waals surface area contributed by atoms with Gasteiger partial charge in [0.25, 0.3) is 0 Å². The summed E-state index contributed by atoms with van der Waals surface area (Å²) in [7, 11) is -1.47. The van der Waals surface area contributed by atoms with Crippen molar-refractivity contribution in [1.82, 2.24) is 10.2 Å². The van der Waals surface area contributed by atoms with Gasteiger partial charge >= 0.3 is 0 Å². The van der Waals surface area contributed by atoms with Crippen LogP contribution in [0.3, 0.4) is 0 Å². The van der Waals surface area contributed by atoms with Crippen molar-refractivity contribution >= 4 is 33.2 Å². The molecule has 146 valence electrons. The van der Waals surface area contributed by atoms with E-state index in [-0.39, 0.29) is 12.5 Å². The highest BCUT2D eigenvalue weighted by molar-refractivity contribution is 7.92. The molecule has 1 saturated heterocycles. The van der Waals surface area contributed by atoms with Gasteiger partial charge in [-0.25, -0.2) is 8.42 Å². The summed E-state index contributed by atoms with van der Waals surface area (Å²) in [5.74, 6) is 0.315. The fraction of sp³-hybridized carbons (Fsp3) is 0.611. The van der Waals surface area contributed by atoms with Gasteiger partial charge in [0, 0.05) is 11.6 Å². The van der Waals surface area contributed by atoms with Crippen molar-refractivity contribution in [2.75, 3.05) is 43.8 Å². The van der Waals surface area contributed by atoms with Crippen molar-refractivity contribution in [3.63, 3.8) is 0 Å². The molecule has 26 heavy (non-hydrogen) atoms. The third kappa shape index (κ3) is 6.14. The van der Waals surface area contributed by atoms with Gasteiger partial charge in [-0.1, -0.05) is 17.7 Å². The van der Waals surface area contributed by atoms with Gasteiger partial charge in [-0.15, -0.1) is 0 Å². The van der Waals surface area contributed by atoms with Crippen LogP contribution in [0.2, 0.25) is 5.02 Å². The monoisotopic (exact) mass is 401 g/mol. The average Bonchev–Trinajstić information content (AvgIpc) is 2.56. The Kier molecular flexibility index (Phi) is 7.32. The van der Waals surface area contributed by atoms with E-state index in [9.17, 15) is 13.2 Å². The van der Waals surface area contributed by atoms with Crippen LogP contribution in [0.4, 0.5) is 5.69 Å². The Morgan fingerprint density at radius 3 is 2.62 bits per heavy atom.